The summed E-state index contributed by atoms with van der Waals surface area (Å²) < 4.78 is 0. The Morgan fingerprint density at radius 3 is 2.48 bits per heavy atom. The van der Waals surface area contributed by atoms with Gasteiger partial charge in [0.2, 0.25) is 0 Å². The van der Waals surface area contributed by atoms with Crippen molar-refractivity contribution >= 4 is 29.0 Å². The highest BCUT2D eigenvalue weighted by molar-refractivity contribution is 5.95. The summed E-state index contributed by atoms with van der Waals surface area (Å²) in [6.45, 7) is 1.95. The number of aryl methyl sites for hydroxylation is 1. The quantitative estimate of drug-likeness (QED) is 0.528. The van der Waals surface area contributed by atoms with Crippen molar-refractivity contribution in [1.29, 1.82) is 0 Å². The summed E-state index contributed by atoms with van der Waals surface area (Å²) in [5.41, 5.74) is 13.1. The van der Waals surface area contributed by atoms with Gasteiger partial charge >= 0.3 is 0 Å². The lowest BCUT2D eigenvalue weighted by Gasteiger charge is -2.13. The zero-order valence-electron chi connectivity index (χ0n) is 13.5. The van der Waals surface area contributed by atoms with E-state index in [4.69, 9.17) is 5.73 Å². The van der Waals surface area contributed by atoms with E-state index in [0.717, 1.165) is 5.56 Å². The predicted molar refractivity (Wildman–Crippen MR) is 96.2 cm³/mol. The van der Waals surface area contributed by atoms with Gasteiger partial charge in [0.05, 0.1) is 0 Å². The topological polar surface area (TPSA) is 118 Å². The van der Waals surface area contributed by atoms with Crippen molar-refractivity contribution in [3.63, 3.8) is 0 Å². The van der Waals surface area contributed by atoms with E-state index >= 15 is 0 Å². The van der Waals surface area contributed by atoms with Crippen LogP contribution in [-0.2, 0) is 0 Å². The Hall–Kier alpha value is -3.68. The summed E-state index contributed by atoms with van der Waals surface area (Å²) in [5.74, 6) is 0.986. The first-order valence-corrected chi connectivity index (χ1v) is 7.55. The Kier molecular flexibility index (Phi) is 4.70. The van der Waals surface area contributed by atoms with Crippen LogP contribution in [0.5, 0.6) is 0 Å². The molecule has 1 amide bonds. The van der Waals surface area contributed by atoms with Crippen molar-refractivity contribution in [1.82, 2.24) is 20.4 Å². The van der Waals surface area contributed by atoms with Crippen LogP contribution in [0, 0.1) is 6.92 Å². The smallest absolute Gasteiger partial charge is 0.269 e. The van der Waals surface area contributed by atoms with Crippen molar-refractivity contribution in [3.8, 4) is 0 Å². The number of rotatable bonds is 5. The third-order valence-electron chi connectivity index (χ3n) is 3.37. The molecule has 0 aliphatic carbocycles. The fraction of sp³-hybridized carbons (Fsp3) is 0.0588. The van der Waals surface area contributed by atoms with Crippen LogP contribution in [0.3, 0.4) is 0 Å². The van der Waals surface area contributed by atoms with Gasteiger partial charge in [-0.3, -0.25) is 15.6 Å². The molecule has 0 atom stereocenters. The summed E-state index contributed by atoms with van der Waals surface area (Å²) in [6, 6.07) is 12.6. The third kappa shape index (κ3) is 3.99. The predicted octanol–water partition coefficient (Wildman–Crippen LogP) is 2.26. The zero-order valence-corrected chi connectivity index (χ0v) is 13.5. The first kappa shape index (κ1) is 16.2. The van der Waals surface area contributed by atoms with Gasteiger partial charge in [-0.25, -0.2) is 15.0 Å². The molecule has 5 N–H and O–H groups in total. The van der Waals surface area contributed by atoms with Crippen LogP contribution in [-0.4, -0.2) is 20.9 Å². The minimum Gasteiger partial charge on any atom is -0.393 e. The lowest BCUT2D eigenvalue weighted by atomic mass is 10.2. The van der Waals surface area contributed by atoms with E-state index in [1.165, 1.54) is 6.33 Å². The standard InChI is InChI=1S/C17H17N7O/c1-11-7-8-13(19-9-11)22-15-14(18)16(21-10-20-15)23-24-17(25)12-5-3-2-4-6-12/h2-10H,18H2,1H3,(H,24,25)(H2,19,20,21,22,23). The van der Waals surface area contributed by atoms with E-state index in [9.17, 15) is 4.79 Å². The Balaban J connectivity index is 1.70. The van der Waals surface area contributed by atoms with Crippen LogP contribution in [0.15, 0.2) is 55.0 Å². The highest BCUT2D eigenvalue weighted by Crippen LogP contribution is 2.24. The van der Waals surface area contributed by atoms with E-state index < -0.39 is 0 Å². The van der Waals surface area contributed by atoms with Gasteiger partial charge in [-0.15, -0.1) is 0 Å². The van der Waals surface area contributed by atoms with E-state index in [1.807, 2.05) is 25.1 Å². The third-order valence-corrected chi connectivity index (χ3v) is 3.37. The molecule has 126 valence electrons. The minimum atomic E-state index is -0.298. The summed E-state index contributed by atoms with van der Waals surface area (Å²) >= 11 is 0. The number of nitrogens with one attached hydrogen (secondary N) is 3. The molecule has 0 spiro atoms. The molecule has 8 nitrogen and oxygen atoms in total. The summed E-state index contributed by atoms with van der Waals surface area (Å²) in [7, 11) is 0. The molecule has 0 fully saturated rings. The fourth-order valence-corrected chi connectivity index (χ4v) is 2.04. The van der Waals surface area contributed by atoms with E-state index in [0.29, 0.717) is 17.2 Å². The number of benzene rings is 1. The van der Waals surface area contributed by atoms with E-state index in [-0.39, 0.29) is 17.4 Å². The summed E-state index contributed by atoms with van der Waals surface area (Å²) in [5, 5.41) is 3.02. The monoisotopic (exact) mass is 335 g/mol. The maximum absolute atomic E-state index is 12.1. The van der Waals surface area contributed by atoms with Crippen LogP contribution in [0.2, 0.25) is 0 Å². The number of carbonyl (C=O) groups excluding carboxylic acids is 1. The zero-order chi connectivity index (χ0) is 17.6. The molecular formula is C17H17N7O. The second kappa shape index (κ2) is 7.26. The number of nitrogens with zero attached hydrogens (tertiary/aromatic N) is 3. The van der Waals surface area contributed by atoms with Gasteiger partial charge < -0.3 is 11.1 Å². The van der Waals surface area contributed by atoms with E-state index in [2.05, 4.69) is 31.1 Å². The molecule has 3 rings (SSSR count). The van der Waals surface area contributed by atoms with Gasteiger partial charge in [0.1, 0.15) is 17.8 Å². The molecule has 0 bridgehead atoms. The Bertz CT molecular complexity index is 866. The number of hydrogen-bond acceptors (Lipinski definition) is 7. The number of amides is 1. The summed E-state index contributed by atoms with van der Waals surface area (Å²) in [4.78, 5) is 24.4. The normalized spacial score (nSPS) is 10.1. The molecule has 2 heterocycles. The number of nitrogens with two attached hydrogens (primary N) is 1. The van der Waals surface area contributed by atoms with Gasteiger partial charge in [0.15, 0.2) is 11.6 Å². The Morgan fingerprint density at radius 2 is 1.76 bits per heavy atom. The van der Waals surface area contributed by atoms with Gasteiger partial charge in [0, 0.05) is 11.8 Å². The molecule has 3 aromatic rings. The van der Waals surface area contributed by atoms with Crippen molar-refractivity contribution < 1.29 is 4.79 Å². The molecule has 0 saturated carbocycles. The molecule has 25 heavy (non-hydrogen) atoms. The largest absolute Gasteiger partial charge is 0.393 e. The number of carbonyl (C=O) groups is 1. The second-order valence-electron chi connectivity index (χ2n) is 5.28. The molecule has 0 radical (unpaired) electrons. The number of hydrazine groups is 1. The number of hydrogen-bond donors (Lipinski definition) is 4. The van der Waals surface area contributed by atoms with Crippen LogP contribution in [0.25, 0.3) is 0 Å². The van der Waals surface area contributed by atoms with Gasteiger partial charge in [-0.2, -0.15) is 0 Å². The van der Waals surface area contributed by atoms with Crippen LogP contribution >= 0.6 is 0 Å². The highest BCUT2D eigenvalue weighted by Gasteiger charge is 2.10. The first-order valence-electron chi connectivity index (χ1n) is 7.55. The van der Waals surface area contributed by atoms with Crippen molar-refractivity contribution in [2.45, 2.75) is 6.92 Å². The Labute approximate surface area is 144 Å². The van der Waals surface area contributed by atoms with Crippen LogP contribution in [0.1, 0.15) is 15.9 Å². The fourth-order valence-electron chi connectivity index (χ4n) is 2.04. The van der Waals surface area contributed by atoms with Crippen molar-refractivity contribution in [2.24, 2.45) is 0 Å². The first-order chi connectivity index (χ1) is 12.1. The lowest BCUT2D eigenvalue weighted by Crippen LogP contribution is -2.30. The second-order valence-corrected chi connectivity index (χ2v) is 5.28. The molecule has 0 aliphatic rings. The molecule has 0 saturated heterocycles. The number of nitrogen functional groups attached to an aromatic ring is 1. The molecular weight excluding hydrogens is 318 g/mol. The number of pyridine rings is 1. The maximum Gasteiger partial charge on any atom is 0.269 e. The lowest BCUT2D eigenvalue weighted by molar-refractivity contribution is 0.0962. The summed E-state index contributed by atoms with van der Waals surface area (Å²) in [6.07, 6.45) is 3.07. The molecule has 8 heteroatoms. The van der Waals surface area contributed by atoms with Crippen LogP contribution < -0.4 is 21.9 Å². The maximum atomic E-state index is 12.1. The average molecular weight is 335 g/mol. The number of anilines is 4. The minimum absolute atomic E-state index is 0.262. The van der Waals surface area contributed by atoms with Gasteiger partial charge in [-0.1, -0.05) is 24.3 Å². The SMILES string of the molecule is Cc1ccc(Nc2ncnc(NNC(=O)c3ccccc3)c2N)nc1. The molecule has 1 aromatic carbocycles. The molecule has 0 unspecified atom stereocenters. The number of aromatic nitrogens is 3. The van der Waals surface area contributed by atoms with Gasteiger partial charge in [0.25, 0.3) is 5.91 Å². The Morgan fingerprint density at radius 1 is 1.00 bits per heavy atom. The van der Waals surface area contributed by atoms with Gasteiger partial charge in [-0.05, 0) is 30.7 Å². The average Bonchev–Trinajstić information content (AvgIpc) is 2.64. The molecule has 0 aliphatic heterocycles. The van der Waals surface area contributed by atoms with Crippen molar-refractivity contribution in [3.05, 3.63) is 66.1 Å². The highest BCUT2D eigenvalue weighted by atomic mass is 16.2. The molecule has 2 aromatic heterocycles. The van der Waals surface area contributed by atoms with E-state index in [1.54, 1.807) is 30.5 Å². The van der Waals surface area contributed by atoms with Crippen molar-refractivity contribution in [2.75, 3.05) is 16.5 Å². The van der Waals surface area contributed by atoms with Crippen LogP contribution in [0.4, 0.5) is 23.1 Å².